The number of phosphoric ester groups is 1. The first-order valence-corrected chi connectivity index (χ1v) is 24.5. The van der Waals surface area contributed by atoms with E-state index in [1.165, 1.54) is 161 Å². The number of esters is 2. The zero-order valence-electron chi connectivity index (χ0n) is 35.4. The van der Waals surface area contributed by atoms with Crippen molar-refractivity contribution in [3.05, 3.63) is 12.2 Å². The molecule has 0 aliphatic heterocycles. The molecular weight excluding hydrogens is 699 g/mol. The summed E-state index contributed by atoms with van der Waals surface area (Å²) in [6.45, 7) is 3.70. The second-order valence-electron chi connectivity index (χ2n) is 15.7. The molecule has 0 aliphatic carbocycles. The van der Waals surface area contributed by atoms with Crippen LogP contribution in [0.1, 0.15) is 245 Å². The first kappa shape index (κ1) is 52.8. The van der Waals surface area contributed by atoms with Crippen molar-refractivity contribution in [2.75, 3.05) is 13.2 Å². The summed E-state index contributed by atoms with van der Waals surface area (Å²) in [6.07, 6.45) is 46.6. The van der Waals surface area contributed by atoms with Crippen molar-refractivity contribution in [3.8, 4) is 0 Å². The molecule has 0 fully saturated rings. The molecule has 0 radical (unpaired) electrons. The smallest absolute Gasteiger partial charge is 0.462 e. The molecule has 0 unspecified atom stereocenters. The van der Waals surface area contributed by atoms with Crippen molar-refractivity contribution in [1.82, 2.24) is 0 Å². The number of carbonyl (C=O) groups is 2. The third-order valence-corrected chi connectivity index (χ3v) is 10.8. The van der Waals surface area contributed by atoms with Crippen LogP contribution in [0.25, 0.3) is 0 Å². The van der Waals surface area contributed by atoms with E-state index in [4.69, 9.17) is 19.3 Å². The van der Waals surface area contributed by atoms with Gasteiger partial charge < -0.3 is 19.3 Å². The predicted molar refractivity (Wildman–Crippen MR) is 226 cm³/mol. The standard InChI is InChI=1S/C45H87O8P/c1-3-5-7-9-11-13-15-17-18-19-20-21-22-23-24-25-26-28-30-32-34-36-38-40-45(47)53-43(42-52-54(48,49)50)41-51-44(46)39-37-35-33-31-29-27-16-14-12-10-8-6-4-2/h14,16,43H,3-13,15,17-42H2,1-2H3,(H2,48,49,50)/b16-14+/t43-/m1/s1. The molecule has 0 aromatic rings. The maximum atomic E-state index is 12.4. The lowest BCUT2D eigenvalue weighted by atomic mass is 10.0. The topological polar surface area (TPSA) is 119 Å². The van der Waals surface area contributed by atoms with E-state index in [9.17, 15) is 14.2 Å². The van der Waals surface area contributed by atoms with E-state index >= 15 is 0 Å². The fourth-order valence-corrected chi connectivity index (χ4v) is 7.20. The summed E-state index contributed by atoms with van der Waals surface area (Å²) < 4.78 is 26.4. The van der Waals surface area contributed by atoms with E-state index in [0.29, 0.717) is 6.42 Å². The van der Waals surface area contributed by atoms with Gasteiger partial charge in [0.1, 0.15) is 6.61 Å². The first-order valence-electron chi connectivity index (χ1n) is 23.0. The highest BCUT2D eigenvalue weighted by Crippen LogP contribution is 2.36. The van der Waals surface area contributed by atoms with Crippen LogP contribution in [0.3, 0.4) is 0 Å². The van der Waals surface area contributed by atoms with Gasteiger partial charge in [0.05, 0.1) is 6.61 Å². The molecule has 8 nitrogen and oxygen atoms in total. The van der Waals surface area contributed by atoms with Gasteiger partial charge in [-0.15, -0.1) is 0 Å². The molecule has 9 heteroatoms. The Bertz CT molecular complexity index is 889. The van der Waals surface area contributed by atoms with Crippen molar-refractivity contribution in [1.29, 1.82) is 0 Å². The fraction of sp³-hybridized carbons (Fsp3) is 0.911. The second-order valence-corrected chi connectivity index (χ2v) is 17.0. The highest BCUT2D eigenvalue weighted by Gasteiger charge is 2.23. The summed E-state index contributed by atoms with van der Waals surface area (Å²) >= 11 is 0. The number of hydrogen-bond donors (Lipinski definition) is 2. The molecule has 1 atom stereocenters. The van der Waals surface area contributed by atoms with Crippen molar-refractivity contribution >= 4 is 19.8 Å². The Hall–Kier alpha value is -1.21. The van der Waals surface area contributed by atoms with Crippen LogP contribution in [0.15, 0.2) is 12.2 Å². The summed E-state index contributed by atoms with van der Waals surface area (Å²) in [4.78, 5) is 42.9. The summed E-state index contributed by atoms with van der Waals surface area (Å²) in [5.74, 6) is -0.881. The van der Waals surface area contributed by atoms with Gasteiger partial charge in [0.2, 0.25) is 0 Å². The van der Waals surface area contributed by atoms with Gasteiger partial charge in [-0.2, -0.15) is 0 Å². The Kier molecular flexibility index (Phi) is 40.5. The van der Waals surface area contributed by atoms with Crippen LogP contribution in [-0.4, -0.2) is 41.0 Å². The predicted octanol–water partition coefficient (Wildman–Crippen LogP) is 14.2. The summed E-state index contributed by atoms with van der Waals surface area (Å²) in [7, 11) is -4.75. The fourth-order valence-electron chi connectivity index (χ4n) is 6.84. The SMILES string of the molecule is CCCCCC/C=C/CCCCCCCC(=O)OC[C@H](COP(=O)(O)O)OC(=O)CCCCCCCCCCCCCCCCCCCCCCCCC. The minimum Gasteiger partial charge on any atom is -0.462 e. The second kappa shape index (κ2) is 41.4. The van der Waals surface area contributed by atoms with Crippen molar-refractivity contribution < 1.29 is 37.9 Å². The zero-order chi connectivity index (χ0) is 39.6. The number of phosphoric acid groups is 1. The van der Waals surface area contributed by atoms with E-state index < -0.39 is 32.5 Å². The molecule has 0 amide bonds. The van der Waals surface area contributed by atoms with E-state index in [0.717, 1.165) is 51.4 Å². The van der Waals surface area contributed by atoms with Crippen molar-refractivity contribution in [2.24, 2.45) is 0 Å². The minimum atomic E-state index is -4.75. The zero-order valence-corrected chi connectivity index (χ0v) is 36.3. The molecule has 0 aliphatic rings. The van der Waals surface area contributed by atoms with Crippen LogP contribution in [0.2, 0.25) is 0 Å². The molecular formula is C45H87O8P. The largest absolute Gasteiger partial charge is 0.469 e. The minimum absolute atomic E-state index is 0.217. The Morgan fingerprint density at radius 3 is 1.15 bits per heavy atom. The maximum absolute atomic E-state index is 12.4. The van der Waals surface area contributed by atoms with Crippen LogP contribution < -0.4 is 0 Å². The number of allylic oxidation sites excluding steroid dienone is 2. The Balaban J connectivity index is 3.79. The Labute approximate surface area is 333 Å². The Morgan fingerprint density at radius 1 is 0.463 bits per heavy atom. The molecule has 0 bridgehead atoms. The maximum Gasteiger partial charge on any atom is 0.469 e. The molecule has 0 aromatic carbocycles. The molecule has 0 rings (SSSR count). The van der Waals surface area contributed by atoms with Gasteiger partial charge in [-0.1, -0.05) is 206 Å². The van der Waals surface area contributed by atoms with E-state index in [2.05, 4.69) is 30.5 Å². The quantitative estimate of drug-likeness (QED) is 0.0271. The van der Waals surface area contributed by atoms with Crippen LogP contribution in [0, 0.1) is 0 Å². The van der Waals surface area contributed by atoms with E-state index in [1.807, 2.05) is 0 Å². The Morgan fingerprint density at radius 2 is 0.778 bits per heavy atom. The van der Waals surface area contributed by atoms with Crippen LogP contribution in [0.5, 0.6) is 0 Å². The van der Waals surface area contributed by atoms with E-state index in [1.54, 1.807) is 0 Å². The third kappa shape index (κ3) is 43.5. The van der Waals surface area contributed by atoms with Gasteiger partial charge in [0.15, 0.2) is 6.10 Å². The van der Waals surface area contributed by atoms with Gasteiger partial charge >= 0.3 is 19.8 Å². The molecule has 0 heterocycles. The van der Waals surface area contributed by atoms with Gasteiger partial charge in [0, 0.05) is 12.8 Å². The molecule has 2 N–H and O–H groups in total. The number of hydrogen-bond acceptors (Lipinski definition) is 6. The lowest BCUT2D eigenvalue weighted by molar-refractivity contribution is -0.161. The van der Waals surface area contributed by atoms with Gasteiger partial charge in [0.25, 0.3) is 0 Å². The number of ether oxygens (including phenoxy) is 2. The highest BCUT2D eigenvalue weighted by molar-refractivity contribution is 7.46. The average molecular weight is 787 g/mol. The summed E-state index contributed by atoms with van der Waals surface area (Å²) in [5, 5.41) is 0. The lowest BCUT2D eigenvalue weighted by Gasteiger charge is -2.18. The van der Waals surface area contributed by atoms with Crippen molar-refractivity contribution in [3.63, 3.8) is 0 Å². The molecule has 0 saturated carbocycles. The van der Waals surface area contributed by atoms with E-state index in [-0.39, 0.29) is 19.4 Å². The highest BCUT2D eigenvalue weighted by atomic mass is 31.2. The molecule has 0 saturated heterocycles. The molecule has 0 spiro atoms. The van der Waals surface area contributed by atoms with Crippen LogP contribution in [-0.2, 0) is 28.2 Å². The van der Waals surface area contributed by atoms with Gasteiger partial charge in [-0.05, 0) is 38.5 Å². The first-order chi connectivity index (χ1) is 26.3. The molecule has 320 valence electrons. The third-order valence-electron chi connectivity index (χ3n) is 10.3. The normalized spacial score (nSPS) is 12.4. The number of unbranched alkanes of at least 4 members (excludes halogenated alkanes) is 31. The van der Waals surface area contributed by atoms with Crippen LogP contribution in [0.4, 0.5) is 0 Å². The van der Waals surface area contributed by atoms with Gasteiger partial charge in [-0.3, -0.25) is 14.1 Å². The lowest BCUT2D eigenvalue weighted by Crippen LogP contribution is -2.29. The monoisotopic (exact) mass is 787 g/mol. The molecule has 0 aromatic heterocycles. The van der Waals surface area contributed by atoms with Gasteiger partial charge in [-0.25, -0.2) is 4.57 Å². The average Bonchev–Trinajstić information content (AvgIpc) is 3.14. The summed E-state index contributed by atoms with van der Waals surface area (Å²) in [6, 6.07) is 0. The number of rotatable bonds is 43. The van der Waals surface area contributed by atoms with Crippen LogP contribution >= 0.6 is 7.82 Å². The molecule has 54 heavy (non-hydrogen) atoms. The number of carbonyl (C=O) groups excluding carboxylic acids is 2. The summed E-state index contributed by atoms with van der Waals surface area (Å²) in [5.41, 5.74) is 0. The van der Waals surface area contributed by atoms with Crippen molar-refractivity contribution in [2.45, 2.75) is 251 Å².